The van der Waals surface area contributed by atoms with Crippen molar-refractivity contribution in [2.45, 2.75) is 6.61 Å². The molecular weight excluding hydrogens is 194 g/mol. The molecule has 0 aliphatic heterocycles. The van der Waals surface area contributed by atoms with Crippen molar-refractivity contribution in [2.24, 2.45) is 0 Å². The fraction of sp³-hybridized carbons (Fsp3) is 0.286. The van der Waals surface area contributed by atoms with Gasteiger partial charge in [-0.05, 0) is 12.1 Å². The monoisotopic (exact) mass is 203 g/mol. The third-order valence-corrected chi connectivity index (χ3v) is 1.71. The fourth-order valence-electron chi connectivity index (χ4n) is 0.763. The SMILES string of the molecule is CS(=O)(=O)Oc1ncccc1CO. The number of hydrogen-bond donors (Lipinski definition) is 1. The minimum absolute atomic E-state index is 0.0764. The topological polar surface area (TPSA) is 76.5 Å². The molecule has 0 bridgehead atoms. The van der Waals surface area contributed by atoms with E-state index in [0.717, 1.165) is 6.26 Å². The van der Waals surface area contributed by atoms with E-state index in [1.165, 1.54) is 12.3 Å². The van der Waals surface area contributed by atoms with E-state index in [-0.39, 0.29) is 12.5 Å². The molecule has 1 aromatic rings. The van der Waals surface area contributed by atoms with Crippen LogP contribution in [0, 0.1) is 0 Å². The number of aliphatic hydroxyl groups is 1. The molecular formula is C7H9NO4S. The van der Waals surface area contributed by atoms with Gasteiger partial charge in [0.1, 0.15) is 0 Å². The van der Waals surface area contributed by atoms with Crippen LogP contribution in [0.5, 0.6) is 5.88 Å². The zero-order chi connectivity index (χ0) is 9.90. The lowest BCUT2D eigenvalue weighted by atomic mass is 10.3. The van der Waals surface area contributed by atoms with Crippen molar-refractivity contribution in [1.29, 1.82) is 0 Å². The average molecular weight is 203 g/mol. The predicted octanol–water partition coefficient (Wildman–Crippen LogP) is -0.0877. The number of aliphatic hydroxyl groups excluding tert-OH is 1. The van der Waals surface area contributed by atoms with Crippen LogP contribution in [0.4, 0.5) is 0 Å². The van der Waals surface area contributed by atoms with Crippen molar-refractivity contribution in [1.82, 2.24) is 4.98 Å². The first-order valence-corrected chi connectivity index (χ1v) is 5.29. The second-order valence-corrected chi connectivity index (χ2v) is 3.99. The summed E-state index contributed by atoms with van der Waals surface area (Å²) >= 11 is 0. The molecule has 0 unspecified atom stereocenters. The Bertz CT molecular complexity index is 387. The molecule has 0 amide bonds. The van der Waals surface area contributed by atoms with Gasteiger partial charge in [0, 0.05) is 11.8 Å². The Morgan fingerprint density at radius 2 is 2.31 bits per heavy atom. The first kappa shape index (κ1) is 9.94. The third kappa shape index (κ3) is 3.00. The van der Waals surface area contributed by atoms with Gasteiger partial charge in [-0.2, -0.15) is 8.42 Å². The first-order valence-electron chi connectivity index (χ1n) is 3.47. The predicted molar refractivity (Wildman–Crippen MR) is 45.6 cm³/mol. The average Bonchev–Trinajstić information content (AvgIpc) is 2.02. The zero-order valence-corrected chi connectivity index (χ0v) is 7.78. The molecule has 1 rings (SSSR count). The molecule has 0 aliphatic carbocycles. The number of aromatic nitrogens is 1. The van der Waals surface area contributed by atoms with Crippen LogP contribution in [0.15, 0.2) is 18.3 Å². The van der Waals surface area contributed by atoms with Crippen molar-refractivity contribution >= 4 is 10.1 Å². The van der Waals surface area contributed by atoms with Crippen molar-refractivity contribution in [3.63, 3.8) is 0 Å². The Morgan fingerprint density at radius 1 is 1.62 bits per heavy atom. The fourth-order valence-corrected chi connectivity index (χ4v) is 1.20. The second-order valence-electron chi connectivity index (χ2n) is 2.41. The van der Waals surface area contributed by atoms with E-state index in [1.54, 1.807) is 6.07 Å². The molecule has 0 saturated heterocycles. The summed E-state index contributed by atoms with van der Waals surface area (Å²) in [5, 5.41) is 8.80. The largest absolute Gasteiger partial charge is 0.391 e. The van der Waals surface area contributed by atoms with Crippen molar-refractivity contribution in [3.05, 3.63) is 23.9 Å². The summed E-state index contributed by atoms with van der Waals surface area (Å²) in [6.07, 6.45) is 2.31. The quantitative estimate of drug-likeness (QED) is 0.695. The summed E-state index contributed by atoms with van der Waals surface area (Å²) in [5.41, 5.74) is 0.341. The van der Waals surface area contributed by atoms with Crippen LogP contribution in [0.3, 0.4) is 0 Å². The summed E-state index contributed by atoms with van der Waals surface area (Å²) in [6, 6.07) is 3.12. The second kappa shape index (κ2) is 3.71. The highest BCUT2D eigenvalue weighted by molar-refractivity contribution is 7.86. The normalized spacial score (nSPS) is 11.2. The van der Waals surface area contributed by atoms with Crippen LogP contribution < -0.4 is 4.18 Å². The summed E-state index contributed by atoms with van der Waals surface area (Å²) < 4.78 is 26.0. The standard InChI is InChI=1S/C7H9NO4S/c1-13(10,11)12-7-6(5-9)3-2-4-8-7/h2-4,9H,5H2,1H3. The number of hydrogen-bond acceptors (Lipinski definition) is 5. The van der Waals surface area contributed by atoms with Gasteiger partial charge in [-0.15, -0.1) is 0 Å². The highest BCUT2D eigenvalue weighted by atomic mass is 32.2. The van der Waals surface area contributed by atoms with Crippen LogP contribution in [0.2, 0.25) is 0 Å². The summed E-state index contributed by atoms with van der Waals surface area (Å²) in [5.74, 6) is -0.0764. The summed E-state index contributed by atoms with van der Waals surface area (Å²) in [6.45, 7) is -0.307. The maximum Gasteiger partial charge on any atom is 0.307 e. The number of pyridine rings is 1. The van der Waals surface area contributed by atoms with E-state index < -0.39 is 10.1 Å². The molecule has 0 aromatic carbocycles. The molecule has 0 saturated carbocycles. The molecule has 0 aliphatic rings. The van der Waals surface area contributed by atoms with E-state index in [2.05, 4.69) is 9.17 Å². The Morgan fingerprint density at radius 3 is 2.85 bits per heavy atom. The maximum absolute atomic E-state index is 10.7. The van der Waals surface area contributed by atoms with Crippen LogP contribution in [-0.2, 0) is 16.7 Å². The van der Waals surface area contributed by atoms with Gasteiger partial charge in [-0.3, -0.25) is 0 Å². The molecule has 6 heteroatoms. The van der Waals surface area contributed by atoms with E-state index in [9.17, 15) is 8.42 Å². The minimum Gasteiger partial charge on any atom is -0.391 e. The van der Waals surface area contributed by atoms with Gasteiger partial charge in [-0.25, -0.2) is 4.98 Å². The number of nitrogens with zero attached hydrogens (tertiary/aromatic N) is 1. The number of rotatable bonds is 3. The molecule has 1 N–H and O–H groups in total. The minimum atomic E-state index is -3.58. The van der Waals surface area contributed by atoms with Crippen LogP contribution in [0.1, 0.15) is 5.56 Å². The van der Waals surface area contributed by atoms with Gasteiger partial charge in [0.05, 0.1) is 12.9 Å². The smallest absolute Gasteiger partial charge is 0.307 e. The summed E-state index contributed by atoms with van der Waals surface area (Å²) in [4.78, 5) is 3.67. The van der Waals surface area contributed by atoms with Crippen LogP contribution in [0.25, 0.3) is 0 Å². The lowest BCUT2D eigenvalue weighted by Gasteiger charge is -2.04. The molecule has 1 heterocycles. The lowest BCUT2D eigenvalue weighted by molar-refractivity contribution is 0.277. The molecule has 13 heavy (non-hydrogen) atoms. The molecule has 72 valence electrons. The zero-order valence-electron chi connectivity index (χ0n) is 6.97. The molecule has 5 nitrogen and oxygen atoms in total. The van der Waals surface area contributed by atoms with Crippen molar-refractivity contribution in [3.8, 4) is 5.88 Å². The highest BCUT2D eigenvalue weighted by Crippen LogP contribution is 2.15. The van der Waals surface area contributed by atoms with Crippen molar-refractivity contribution < 1.29 is 17.7 Å². The van der Waals surface area contributed by atoms with E-state index in [4.69, 9.17) is 5.11 Å². The van der Waals surface area contributed by atoms with Gasteiger partial charge in [0.15, 0.2) is 0 Å². The van der Waals surface area contributed by atoms with Crippen LogP contribution >= 0.6 is 0 Å². The maximum atomic E-state index is 10.7. The van der Waals surface area contributed by atoms with Gasteiger partial charge in [0.25, 0.3) is 0 Å². The van der Waals surface area contributed by atoms with Crippen molar-refractivity contribution in [2.75, 3.05) is 6.26 Å². The molecule has 0 fully saturated rings. The molecule has 0 atom stereocenters. The van der Waals surface area contributed by atoms with Gasteiger partial charge in [0.2, 0.25) is 5.88 Å². The first-order chi connectivity index (χ1) is 6.03. The van der Waals surface area contributed by atoms with E-state index in [0.29, 0.717) is 5.56 Å². The van der Waals surface area contributed by atoms with Gasteiger partial charge >= 0.3 is 10.1 Å². The lowest BCUT2D eigenvalue weighted by Crippen LogP contribution is -2.08. The van der Waals surface area contributed by atoms with Crippen LogP contribution in [-0.4, -0.2) is 24.8 Å². The van der Waals surface area contributed by atoms with Gasteiger partial charge in [-0.1, -0.05) is 0 Å². The van der Waals surface area contributed by atoms with E-state index >= 15 is 0 Å². The Kier molecular flexibility index (Phi) is 2.84. The third-order valence-electron chi connectivity index (χ3n) is 1.25. The molecule has 1 aromatic heterocycles. The summed E-state index contributed by atoms with van der Waals surface area (Å²) in [7, 11) is -3.58. The Hall–Kier alpha value is -1.14. The van der Waals surface area contributed by atoms with Gasteiger partial charge < -0.3 is 9.29 Å². The Balaban J connectivity index is 3.01. The Labute approximate surface area is 76.1 Å². The molecule has 0 spiro atoms. The van der Waals surface area contributed by atoms with E-state index in [1.807, 2.05) is 0 Å². The highest BCUT2D eigenvalue weighted by Gasteiger charge is 2.09. The molecule has 0 radical (unpaired) electrons.